The molecule has 0 bridgehead atoms. The molecule has 1 N–H and O–H groups in total. The molecule has 7 nitrogen and oxygen atoms in total. The summed E-state index contributed by atoms with van der Waals surface area (Å²) in [6, 6.07) is 4.98. The van der Waals surface area contributed by atoms with Gasteiger partial charge in [0.2, 0.25) is 5.91 Å². The number of carbonyl (C=O) groups excluding carboxylic acids is 2. The number of aromatic nitrogens is 2. The summed E-state index contributed by atoms with van der Waals surface area (Å²) < 4.78 is 44.4. The van der Waals surface area contributed by atoms with E-state index in [9.17, 15) is 22.8 Å². The number of alkyl halides is 3. The smallest absolute Gasteiger partial charge is 0.370 e. The Morgan fingerprint density at radius 1 is 1.17 bits per heavy atom. The summed E-state index contributed by atoms with van der Waals surface area (Å²) in [7, 11) is 0. The molecule has 3 heterocycles. The van der Waals surface area contributed by atoms with Gasteiger partial charge in [0, 0.05) is 38.3 Å². The number of anilines is 2. The standard InChI is InChI=1S/C25H28F3N5O2S/c1-4-32(5-2)24(35)17-14-29-23-20(15(3)31-36-23)21(17)33-12-10-16(11-13-33)22(34)30-19-9-7-6-8-18(19)25(26,27)28/h6-9,14,16H,4-5,10-13H2,1-3H3,(H,30,34). The van der Waals surface area contributed by atoms with E-state index in [4.69, 9.17) is 0 Å². The van der Waals surface area contributed by atoms with Crippen LogP contribution in [0.3, 0.4) is 0 Å². The highest BCUT2D eigenvalue weighted by Crippen LogP contribution is 2.38. The van der Waals surface area contributed by atoms with Crippen molar-refractivity contribution in [1.82, 2.24) is 14.3 Å². The molecule has 2 amide bonds. The number of carbonyl (C=O) groups is 2. The first-order chi connectivity index (χ1) is 17.2. The van der Waals surface area contributed by atoms with Crippen LogP contribution in [0.5, 0.6) is 0 Å². The van der Waals surface area contributed by atoms with Crippen LogP contribution < -0.4 is 10.2 Å². The highest BCUT2D eigenvalue weighted by atomic mass is 32.1. The number of fused-ring (bicyclic) bond motifs is 1. The van der Waals surface area contributed by atoms with E-state index in [1.807, 2.05) is 20.8 Å². The lowest BCUT2D eigenvalue weighted by atomic mass is 9.94. The minimum absolute atomic E-state index is 0.112. The van der Waals surface area contributed by atoms with Crippen molar-refractivity contribution in [2.24, 2.45) is 5.92 Å². The van der Waals surface area contributed by atoms with Gasteiger partial charge < -0.3 is 15.1 Å². The number of benzene rings is 1. The fourth-order valence-electron chi connectivity index (χ4n) is 4.64. The Bertz CT molecular complexity index is 1260. The van der Waals surface area contributed by atoms with Crippen molar-refractivity contribution in [3.63, 3.8) is 0 Å². The summed E-state index contributed by atoms with van der Waals surface area (Å²) in [5.41, 5.74) is 0.951. The summed E-state index contributed by atoms with van der Waals surface area (Å²) in [5, 5.41) is 3.31. The normalized spacial score (nSPS) is 14.8. The molecule has 4 rings (SSSR count). The second kappa shape index (κ2) is 10.4. The lowest BCUT2D eigenvalue weighted by Gasteiger charge is -2.35. The average Bonchev–Trinajstić information content (AvgIpc) is 3.24. The fourth-order valence-corrected chi connectivity index (χ4v) is 5.39. The Morgan fingerprint density at radius 2 is 1.83 bits per heavy atom. The Balaban J connectivity index is 1.56. The monoisotopic (exact) mass is 519 g/mol. The SMILES string of the molecule is CCN(CC)C(=O)c1cnc2snc(C)c2c1N1CCC(C(=O)Nc2ccccc2C(F)(F)F)CC1. The van der Waals surface area contributed by atoms with E-state index >= 15 is 0 Å². The van der Waals surface area contributed by atoms with E-state index in [0.717, 1.165) is 27.7 Å². The molecule has 0 aliphatic carbocycles. The molecular formula is C25H28F3N5O2S. The maximum atomic E-state index is 13.3. The number of halogens is 3. The predicted octanol–water partition coefficient (Wildman–Crippen LogP) is 5.36. The van der Waals surface area contributed by atoms with Crippen molar-refractivity contribution in [2.75, 3.05) is 36.4 Å². The summed E-state index contributed by atoms with van der Waals surface area (Å²) in [6.07, 6.45) is -2.07. The van der Waals surface area contributed by atoms with Crippen LogP contribution in [0.25, 0.3) is 10.2 Å². The zero-order valence-corrected chi connectivity index (χ0v) is 21.2. The summed E-state index contributed by atoms with van der Waals surface area (Å²) in [4.78, 5) is 35.2. The van der Waals surface area contributed by atoms with E-state index in [0.29, 0.717) is 44.6 Å². The number of amides is 2. The molecule has 0 atom stereocenters. The molecule has 0 saturated carbocycles. The highest BCUT2D eigenvalue weighted by molar-refractivity contribution is 7.13. The Labute approximate surface area is 211 Å². The van der Waals surface area contributed by atoms with Crippen LogP contribution >= 0.6 is 11.5 Å². The number of pyridine rings is 1. The van der Waals surface area contributed by atoms with E-state index < -0.39 is 23.6 Å². The second-order valence-electron chi connectivity index (χ2n) is 8.74. The van der Waals surface area contributed by atoms with Gasteiger partial charge in [0.05, 0.1) is 33.6 Å². The molecule has 3 aromatic rings. The van der Waals surface area contributed by atoms with E-state index in [1.54, 1.807) is 11.1 Å². The first kappa shape index (κ1) is 25.9. The van der Waals surface area contributed by atoms with Gasteiger partial charge in [-0.15, -0.1) is 0 Å². The number of aryl methyl sites for hydroxylation is 1. The molecule has 1 aliphatic rings. The lowest BCUT2D eigenvalue weighted by Crippen LogP contribution is -2.40. The van der Waals surface area contributed by atoms with E-state index in [1.165, 1.54) is 29.7 Å². The maximum Gasteiger partial charge on any atom is 0.418 e. The molecule has 1 aliphatic heterocycles. The van der Waals surface area contributed by atoms with Crippen LogP contribution in [0.15, 0.2) is 30.5 Å². The molecule has 0 unspecified atom stereocenters. The van der Waals surface area contributed by atoms with Crippen molar-refractivity contribution in [2.45, 2.75) is 39.8 Å². The lowest BCUT2D eigenvalue weighted by molar-refractivity contribution is -0.137. The number of para-hydroxylation sites is 1. The van der Waals surface area contributed by atoms with Crippen LogP contribution in [0.1, 0.15) is 48.3 Å². The van der Waals surface area contributed by atoms with Gasteiger partial charge in [-0.25, -0.2) is 4.98 Å². The number of piperidine rings is 1. The van der Waals surface area contributed by atoms with Gasteiger partial charge in [-0.05, 0) is 57.3 Å². The van der Waals surface area contributed by atoms with Gasteiger partial charge in [-0.3, -0.25) is 9.59 Å². The Hall–Kier alpha value is -3.21. The fraction of sp³-hybridized carbons (Fsp3) is 0.440. The van der Waals surface area contributed by atoms with Gasteiger partial charge in [0.1, 0.15) is 4.83 Å². The zero-order chi connectivity index (χ0) is 26.0. The molecule has 0 radical (unpaired) electrons. The van der Waals surface area contributed by atoms with Gasteiger partial charge in [0.15, 0.2) is 0 Å². The third-order valence-electron chi connectivity index (χ3n) is 6.60. The molecule has 36 heavy (non-hydrogen) atoms. The van der Waals surface area contributed by atoms with Crippen LogP contribution in [0.2, 0.25) is 0 Å². The molecule has 1 saturated heterocycles. The van der Waals surface area contributed by atoms with Gasteiger partial charge in [-0.2, -0.15) is 17.5 Å². The second-order valence-corrected chi connectivity index (χ2v) is 9.49. The summed E-state index contributed by atoms with van der Waals surface area (Å²) in [5.74, 6) is -0.985. The van der Waals surface area contributed by atoms with Crippen LogP contribution in [0.4, 0.5) is 24.5 Å². The maximum absolute atomic E-state index is 13.3. The first-order valence-corrected chi connectivity index (χ1v) is 12.7. The van der Waals surface area contributed by atoms with E-state index in [-0.39, 0.29) is 11.6 Å². The van der Waals surface area contributed by atoms with Gasteiger partial charge in [-0.1, -0.05) is 12.1 Å². The number of nitrogens with one attached hydrogen (secondary N) is 1. The van der Waals surface area contributed by atoms with Gasteiger partial charge in [0.25, 0.3) is 5.91 Å². The van der Waals surface area contributed by atoms with Crippen molar-refractivity contribution >= 4 is 44.9 Å². The van der Waals surface area contributed by atoms with Crippen molar-refractivity contribution < 1.29 is 22.8 Å². The third-order valence-corrected chi connectivity index (χ3v) is 7.45. The average molecular weight is 520 g/mol. The minimum atomic E-state index is -4.56. The number of nitrogens with zero attached hydrogens (tertiary/aromatic N) is 4. The molecule has 2 aromatic heterocycles. The third kappa shape index (κ3) is 5.02. The van der Waals surface area contributed by atoms with Gasteiger partial charge >= 0.3 is 6.18 Å². The van der Waals surface area contributed by atoms with Crippen molar-refractivity contribution in [3.8, 4) is 0 Å². The first-order valence-electron chi connectivity index (χ1n) is 11.9. The molecular weight excluding hydrogens is 491 g/mol. The Morgan fingerprint density at radius 3 is 2.47 bits per heavy atom. The van der Waals surface area contributed by atoms with E-state index in [2.05, 4.69) is 19.6 Å². The van der Waals surface area contributed by atoms with Crippen LogP contribution in [-0.4, -0.2) is 52.3 Å². The topological polar surface area (TPSA) is 78.4 Å². The summed E-state index contributed by atoms with van der Waals surface area (Å²) in [6.45, 7) is 7.81. The summed E-state index contributed by atoms with van der Waals surface area (Å²) >= 11 is 1.27. The number of hydrogen-bond donors (Lipinski definition) is 1. The minimum Gasteiger partial charge on any atom is -0.370 e. The number of rotatable bonds is 6. The quantitative estimate of drug-likeness (QED) is 0.475. The highest BCUT2D eigenvalue weighted by Gasteiger charge is 2.35. The molecule has 0 spiro atoms. The molecule has 192 valence electrons. The molecule has 1 aromatic carbocycles. The van der Waals surface area contributed by atoms with Crippen molar-refractivity contribution in [1.29, 1.82) is 0 Å². The zero-order valence-electron chi connectivity index (χ0n) is 20.4. The van der Waals surface area contributed by atoms with Crippen molar-refractivity contribution in [3.05, 3.63) is 47.3 Å². The van der Waals surface area contributed by atoms with Crippen LogP contribution in [0, 0.1) is 12.8 Å². The molecule has 11 heteroatoms. The molecule has 1 fully saturated rings. The number of hydrogen-bond acceptors (Lipinski definition) is 6. The Kier molecular flexibility index (Phi) is 7.49. The largest absolute Gasteiger partial charge is 0.418 e. The van der Waals surface area contributed by atoms with Crippen LogP contribution in [-0.2, 0) is 11.0 Å². The predicted molar refractivity (Wildman–Crippen MR) is 134 cm³/mol.